The van der Waals surface area contributed by atoms with Crippen LogP contribution < -0.4 is 0 Å². The zero-order chi connectivity index (χ0) is 43.1. The molecule has 338 valence electrons. The molecule has 13 heteroatoms. The summed E-state index contributed by atoms with van der Waals surface area (Å²) < 4.78 is 41.4. The number of phosphoric acid groups is 1. The van der Waals surface area contributed by atoms with E-state index in [1.165, 1.54) is 103 Å². The van der Waals surface area contributed by atoms with E-state index in [-0.39, 0.29) is 12.8 Å². The van der Waals surface area contributed by atoms with Crippen molar-refractivity contribution in [2.24, 2.45) is 0 Å². The van der Waals surface area contributed by atoms with Crippen LogP contribution in [0.2, 0.25) is 0 Å². The summed E-state index contributed by atoms with van der Waals surface area (Å²) in [5.41, 5.74) is 0. The average Bonchev–Trinajstić information content (AvgIpc) is 3.20. The number of esters is 2. The van der Waals surface area contributed by atoms with E-state index < -0.39 is 70.6 Å². The number of carbonyl (C=O) groups excluding carboxylic acids is 2. The molecule has 0 aromatic heterocycles. The third kappa shape index (κ3) is 36.2. The molecule has 0 aliphatic rings. The third-order valence-electron chi connectivity index (χ3n) is 10.1. The first kappa shape index (κ1) is 53.6. The van der Waals surface area contributed by atoms with Gasteiger partial charge >= 0.3 is 19.8 Å². The Balaban J connectivity index is 4.71. The van der Waals surface area contributed by atoms with Gasteiger partial charge in [-0.05, 0) is 38.5 Å². The molecule has 0 aromatic rings. The van der Waals surface area contributed by atoms with Crippen molar-refractivity contribution < 1.29 is 59.4 Å². The van der Waals surface area contributed by atoms with Gasteiger partial charge in [0.25, 0.3) is 0 Å². The fraction of sp³-hybridized carbons (Fsp3) is 0.909. The highest BCUT2D eigenvalue weighted by molar-refractivity contribution is 7.47. The minimum absolute atomic E-state index is 0.0302. The number of phosphoric ester groups is 1. The first-order chi connectivity index (χ1) is 28.0. The zero-order valence-electron chi connectivity index (χ0n) is 36.9. The van der Waals surface area contributed by atoms with E-state index in [2.05, 4.69) is 26.0 Å². The molecule has 6 atom stereocenters. The van der Waals surface area contributed by atoms with E-state index >= 15 is 0 Å². The number of rotatable bonds is 43. The van der Waals surface area contributed by atoms with Crippen LogP contribution in [0, 0.1) is 0 Å². The normalized spacial score (nSPS) is 15.8. The van der Waals surface area contributed by atoms with Gasteiger partial charge in [-0.3, -0.25) is 18.6 Å². The molecular formula is C44H85O12P. The van der Waals surface area contributed by atoms with E-state index in [1.54, 1.807) is 0 Å². The number of unbranched alkanes of at least 4 members (excludes halogenated alkanes) is 25. The van der Waals surface area contributed by atoms with Crippen molar-refractivity contribution in [3.63, 3.8) is 0 Å². The molecule has 0 spiro atoms. The van der Waals surface area contributed by atoms with Crippen molar-refractivity contribution >= 4 is 19.8 Å². The largest absolute Gasteiger partial charge is 0.472 e. The molecule has 0 radical (unpaired) electrons. The summed E-state index contributed by atoms with van der Waals surface area (Å²) in [6.45, 7) is -0.0816. The average molecular weight is 838 g/mol. The molecule has 0 fully saturated rings. The Bertz CT molecular complexity index is 1030. The number of hydrogen-bond donors (Lipinski definition) is 5. The molecule has 2 unspecified atom stereocenters. The Morgan fingerprint density at radius 3 is 1.44 bits per heavy atom. The lowest BCUT2D eigenvalue weighted by Crippen LogP contribution is -2.42. The number of ether oxygens (including phenoxy) is 2. The van der Waals surface area contributed by atoms with Crippen LogP contribution in [0.25, 0.3) is 0 Å². The van der Waals surface area contributed by atoms with Crippen LogP contribution in [0.1, 0.15) is 208 Å². The van der Waals surface area contributed by atoms with E-state index in [0.717, 1.165) is 64.2 Å². The van der Waals surface area contributed by atoms with Gasteiger partial charge in [0, 0.05) is 12.8 Å². The Hall–Kier alpha value is -1.37. The Labute approximate surface area is 347 Å². The van der Waals surface area contributed by atoms with E-state index in [9.17, 15) is 34.4 Å². The summed E-state index contributed by atoms with van der Waals surface area (Å²) in [5, 5.41) is 38.2. The minimum atomic E-state index is -5.07. The molecule has 0 saturated carbocycles. The minimum Gasteiger partial charge on any atom is -0.462 e. The summed E-state index contributed by atoms with van der Waals surface area (Å²) in [6, 6.07) is 0. The maximum atomic E-state index is 12.8. The lowest BCUT2D eigenvalue weighted by atomic mass is 10.0. The van der Waals surface area contributed by atoms with Gasteiger partial charge in [-0.2, -0.15) is 0 Å². The van der Waals surface area contributed by atoms with Gasteiger partial charge in [-0.15, -0.1) is 0 Å². The topological polar surface area (TPSA) is 189 Å². The molecule has 0 bridgehead atoms. The Morgan fingerprint density at radius 2 is 1.02 bits per heavy atom. The molecule has 0 aliphatic heterocycles. The molecule has 57 heavy (non-hydrogen) atoms. The number of aliphatic hydroxyl groups excluding tert-OH is 4. The van der Waals surface area contributed by atoms with Crippen molar-refractivity contribution in [3.8, 4) is 0 Å². The maximum absolute atomic E-state index is 12.8. The van der Waals surface area contributed by atoms with Crippen molar-refractivity contribution in [3.05, 3.63) is 12.2 Å². The molecule has 5 N–H and O–H groups in total. The van der Waals surface area contributed by atoms with Gasteiger partial charge in [0.2, 0.25) is 0 Å². The van der Waals surface area contributed by atoms with Crippen LogP contribution in [0.4, 0.5) is 0 Å². The molecule has 0 rings (SSSR count). The molecular weight excluding hydrogens is 751 g/mol. The molecule has 0 aromatic carbocycles. The van der Waals surface area contributed by atoms with Crippen molar-refractivity contribution in [2.45, 2.75) is 231 Å². The first-order valence-electron chi connectivity index (χ1n) is 23.3. The number of carbonyl (C=O) groups is 2. The SMILES string of the molecule is [2H]C(OC(=O)CCCCCCCCCCCCCCCCC)[C@H](COP(=O)(O)O[C@H](CO)[C@@H](O)[C@H](O)CO)OC(=O)CCCCCCCC/C=C\CCCCCCC. The molecule has 0 amide bonds. The summed E-state index contributed by atoms with van der Waals surface area (Å²) in [7, 11) is -5.07. The highest BCUT2D eigenvalue weighted by Crippen LogP contribution is 2.45. The standard InChI is InChI=1S/C44H85O12P/c1-3-5-7-9-11-13-15-17-19-21-23-25-27-29-31-33-42(48)53-37-39(38-54-57(51,52)56-41(36-46)44(50)40(47)35-45)55-43(49)34-32-30-28-26-24-22-20-18-16-14-12-10-8-6-4-2/h16,18,39-41,44-47,50H,3-15,17,19-38H2,1-2H3,(H,51,52)/b18-16-/t39-,40-,41-,44+/m1/s1/i37D/t37?,39-,40-,41-,44+. The summed E-state index contributed by atoms with van der Waals surface area (Å²) in [4.78, 5) is 35.6. The van der Waals surface area contributed by atoms with Crippen LogP contribution in [-0.4, -0.2) is 88.1 Å². The van der Waals surface area contributed by atoms with Crippen LogP contribution in [0.3, 0.4) is 0 Å². The summed E-state index contributed by atoms with van der Waals surface area (Å²) in [5.74, 6) is -1.36. The highest BCUT2D eigenvalue weighted by Gasteiger charge is 2.35. The maximum Gasteiger partial charge on any atom is 0.472 e. The molecule has 0 aliphatic carbocycles. The fourth-order valence-corrected chi connectivity index (χ4v) is 7.38. The van der Waals surface area contributed by atoms with Crippen LogP contribution in [-0.2, 0) is 32.7 Å². The molecule has 0 saturated heterocycles. The second-order valence-electron chi connectivity index (χ2n) is 15.5. The predicted octanol–water partition coefficient (Wildman–Crippen LogP) is 9.95. The van der Waals surface area contributed by atoms with Gasteiger partial charge < -0.3 is 34.8 Å². The smallest absolute Gasteiger partial charge is 0.462 e. The van der Waals surface area contributed by atoms with Gasteiger partial charge in [0.1, 0.15) is 24.9 Å². The van der Waals surface area contributed by atoms with Crippen molar-refractivity contribution in [1.82, 2.24) is 0 Å². The third-order valence-corrected chi connectivity index (χ3v) is 11.1. The fourth-order valence-electron chi connectivity index (χ4n) is 6.45. The van der Waals surface area contributed by atoms with Crippen molar-refractivity contribution in [1.29, 1.82) is 0 Å². The van der Waals surface area contributed by atoms with E-state index in [4.69, 9.17) is 25.0 Å². The number of hydrogen-bond acceptors (Lipinski definition) is 11. The first-order valence-corrected chi connectivity index (χ1v) is 24.2. The quantitative estimate of drug-likeness (QED) is 0.0169. The van der Waals surface area contributed by atoms with Crippen LogP contribution >= 0.6 is 7.82 Å². The van der Waals surface area contributed by atoms with Gasteiger partial charge in [0.15, 0.2) is 6.10 Å². The molecule has 12 nitrogen and oxygen atoms in total. The van der Waals surface area contributed by atoms with E-state index in [1.807, 2.05) is 0 Å². The van der Waals surface area contributed by atoms with Gasteiger partial charge in [0.05, 0.1) is 21.2 Å². The second-order valence-corrected chi connectivity index (χ2v) is 16.9. The highest BCUT2D eigenvalue weighted by atomic mass is 31.2. The summed E-state index contributed by atoms with van der Waals surface area (Å²) >= 11 is 0. The number of aliphatic hydroxyl groups is 4. The Kier molecular flexibility index (Phi) is 37.7. The summed E-state index contributed by atoms with van der Waals surface area (Å²) in [6.07, 6.45) is 29.5. The number of allylic oxidation sites excluding steroid dienone is 2. The van der Waals surface area contributed by atoms with Crippen LogP contribution in [0.15, 0.2) is 12.2 Å². The van der Waals surface area contributed by atoms with Gasteiger partial charge in [-0.1, -0.05) is 167 Å². The van der Waals surface area contributed by atoms with E-state index in [0.29, 0.717) is 12.8 Å². The second kappa shape index (κ2) is 40.1. The Morgan fingerprint density at radius 1 is 0.614 bits per heavy atom. The monoisotopic (exact) mass is 838 g/mol. The molecule has 0 heterocycles. The zero-order valence-corrected chi connectivity index (χ0v) is 36.8. The lowest BCUT2D eigenvalue weighted by molar-refractivity contribution is -0.161. The van der Waals surface area contributed by atoms with Crippen molar-refractivity contribution in [2.75, 3.05) is 26.4 Å². The predicted molar refractivity (Wildman–Crippen MR) is 227 cm³/mol. The lowest BCUT2D eigenvalue weighted by Gasteiger charge is -2.26. The van der Waals surface area contributed by atoms with Gasteiger partial charge in [-0.25, -0.2) is 4.57 Å². The van der Waals surface area contributed by atoms with Crippen LogP contribution in [0.5, 0.6) is 0 Å².